The van der Waals surface area contributed by atoms with E-state index in [-0.39, 0.29) is 0 Å². The molecule has 0 aliphatic carbocycles. The Morgan fingerprint density at radius 2 is 2.39 bits per heavy atom. The molecule has 0 saturated heterocycles. The highest BCUT2D eigenvalue weighted by molar-refractivity contribution is 7.80. The Morgan fingerprint density at radius 3 is 2.94 bits per heavy atom. The molecule has 0 N–H and O–H groups in total. The summed E-state index contributed by atoms with van der Waals surface area (Å²) in [5, 5.41) is 0.980. The van der Waals surface area contributed by atoms with Gasteiger partial charge >= 0.3 is 0 Å². The number of rotatable bonds is 4. The maximum Gasteiger partial charge on any atom is 0.186 e. The molecule has 0 radical (unpaired) electrons. The Hall–Kier alpha value is -1.57. The summed E-state index contributed by atoms with van der Waals surface area (Å²) < 4.78 is 5.24. The summed E-state index contributed by atoms with van der Waals surface area (Å²) in [5.41, 5.74) is 2.03. The summed E-state index contributed by atoms with van der Waals surface area (Å²) in [4.78, 5) is 6.08. The van der Waals surface area contributed by atoms with E-state index in [4.69, 9.17) is 35.0 Å². The minimum atomic E-state index is 0.474. The molecule has 0 spiro atoms. The number of terminal acetylenes is 1. The normalized spacial score (nSPS) is 13.8. The number of thiocarbonyl (C=S) groups is 1. The van der Waals surface area contributed by atoms with Crippen LogP contribution in [0.3, 0.4) is 0 Å². The third-order valence-corrected chi connectivity index (χ3v) is 2.96. The molecule has 18 heavy (non-hydrogen) atoms. The van der Waals surface area contributed by atoms with Crippen molar-refractivity contribution >= 4 is 28.9 Å². The van der Waals surface area contributed by atoms with Crippen molar-refractivity contribution in [2.24, 2.45) is 0 Å². The van der Waals surface area contributed by atoms with E-state index in [1.165, 1.54) is 0 Å². The first kappa shape index (κ1) is 12.9. The minimum Gasteiger partial charge on any atom is -0.477 e. The lowest BCUT2D eigenvalue weighted by atomic mass is 10.2. The second-order valence-electron chi connectivity index (χ2n) is 3.79. The van der Waals surface area contributed by atoms with Crippen molar-refractivity contribution in [3.8, 4) is 12.3 Å². The van der Waals surface area contributed by atoms with Gasteiger partial charge in [-0.2, -0.15) is 0 Å². The van der Waals surface area contributed by atoms with Crippen LogP contribution in [0.4, 0.5) is 0 Å². The Bertz CT molecular complexity index is 519. The molecule has 1 aliphatic heterocycles. The van der Waals surface area contributed by atoms with E-state index in [1.807, 2.05) is 17.0 Å². The Labute approximate surface area is 116 Å². The van der Waals surface area contributed by atoms with E-state index in [9.17, 15) is 0 Å². The summed E-state index contributed by atoms with van der Waals surface area (Å²) in [6.07, 6.45) is 8.95. The van der Waals surface area contributed by atoms with E-state index in [0.29, 0.717) is 29.9 Å². The van der Waals surface area contributed by atoms with Gasteiger partial charge < -0.3 is 9.64 Å². The van der Waals surface area contributed by atoms with E-state index >= 15 is 0 Å². The molecule has 0 saturated carbocycles. The molecule has 0 atom stereocenters. The van der Waals surface area contributed by atoms with Crippen molar-refractivity contribution in [2.45, 2.75) is 6.54 Å². The molecule has 5 heteroatoms. The first-order valence-electron chi connectivity index (χ1n) is 5.35. The molecule has 0 unspecified atom stereocenters. The molecule has 2 rings (SSSR count). The van der Waals surface area contributed by atoms with Crippen LogP contribution in [0.15, 0.2) is 30.1 Å². The van der Waals surface area contributed by atoms with Gasteiger partial charge in [-0.15, -0.1) is 6.42 Å². The van der Waals surface area contributed by atoms with Crippen molar-refractivity contribution in [1.29, 1.82) is 0 Å². The van der Waals surface area contributed by atoms with Gasteiger partial charge in [-0.1, -0.05) is 23.6 Å². The van der Waals surface area contributed by atoms with Crippen LogP contribution in [-0.4, -0.2) is 28.1 Å². The fourth-order valence-corrected chi connectivity index (χ4v) is 1.94. The zero-order valence-corrected chi connectivity index (χ0v) is 11.2. The number of pyridine rings is 1. The maximum absolute atomic E-state index is 5.75. The molecule has 0 fully saturated rings. The van der Waals surface area contributed by atoms with Crippen molar-refractivity contribution in [2.75, 3.05) is 13.2 Å². The molecule has 92 valence electrons. The minimum absolute atomic E-state index is 0.474. The van der Waals surface area contributed by atoms with Crippen LogP contribution >= 0.6 is 23.8 Å². The lowest BCUT2D eigenvalue weighted by Crippen LogP contribution is -2.24. The highest BCUT2D eigenvalue weighted by atomic mass is 35.5. The number of hydrogen-bond donors (Lipinski definition) is 0. The average molecular weight is 279 g/mol. The predicted octanol–water partition coefficient (Wildman–Crippen LogP) is 2.41. The second kappa shape index (κ2) is 5.85. The molecule has 2 heterocycles. The summed E-state index contributed by atoms with van der Waals surface area (Å²) in [6.45, 7) is 1.63. The highest BCUT2D eigenvalue weighted by Crippen LogP contribution is 2.16. The number of nitrogens with zero attached hydrogens (tertiary/aromatic N) is 2. The average Bonchev–Trinajstić information content (AvgIpc) is 2.78. The van der Waals surface area contributed by atoms with Crippen LogP contribution < -0.4 is 0 Å². The number of ether oxygens (including phenoxy) is 1. The Balaban J connectivity index is 2.12. The van der Waals surface area contributed by atoms with Gasteiger partial charge in [-0.25, -0.2) is 4.98 Å². The standard InChI is InChI=1S/C13H11ClN2OS/c1-2-5-16(11-6-13(18)17-9-11)8-10-3-4-12(14)15-7-10/h1,3-4,6-7H,5,8-9H2. The van der Waals surface area contributed by atoms with Crippen molar-refractivity contribution < 1.29 is 4.74 Å². The van der Waals surface area contributed by atoms with E-state index in [2.05, 4.69) is 10.9 Å². The van der Waals surface area contributed by atoms with E-state index in [1.54, 1.807) is 12.3 Å². The summed E-state index contributed by atoms with van der Waals surface area (Å²) in [6, 6.07) is 3.68. The van der Waals surface area contributed by atoms with Crippen molar-refractivity contribution in [3.05, 3.63) is 40.8 Å². The van der Waals surface area contributed by atoms with E-state index in [0.717, 1.165) is 11.3 Å². The van der Waals surface area contributed by atoms with Crippen LogP contribution in [0.2, 0.25) is 5.15 Å². The van der Waals surface area contributed by atoms with Crippen molar-refractivity contribution in [3.63, 3.8) is 0 Å². The van der Waals surface area contributed by atoms with Crippen LogP contribution in [0.25, 0.3) is 0 Å². The van der Waals surface area contributed by atoms with Gasteiger partial charge in [0, 0.05) is 18.8 Å². The first-order valence-corrected chi connectivity index (χ1v) is 6.14. The van der Waals surface area contributed by atoms with Crippen LogP contribution in [0.5, 0.6) is 0 Å². The second-order valence-corrected chi connectivity index (χ2v) is 4.58. The molecular weight excluding hydrogens is 268 g/mol. The zero-order chi connectivity index (χ0) is 13.0. The fraction of sp³-hybridized carbons (Fsp3) is 0.231. The monoisotopic (exact) mass is 278 g/mol. The number of aromatic nitrogens is 1. The predicted molar refractivity (Wildman–Crippen MR) is 75.1 cm³/mol. The smallest absolute Gasteiger partial charge is 0.186 e. The Morgan fingerprint density at radius 1 is 1.56 bits per heavy atom. The quantitative estimate of drug-likeness (QED) is 0.480. The molecular formula is C13H11ClN2OS. The molecule has 0 bridgehead atoms. The molecule has 1 aromatic heterocycles. The zero-order valence-electron chi connectivity index (χ0n) is 9.60. The topological polar surface area (TPSA) is 25.4 Å². The summed E-state index contributed by atoms with van der Waals surface area (Å²) >= 11 is 10.7. The summed E-state index contributed by atoms with van der Waals surface area (Å²) in [5.74, 6) is 2.63. The van der Waals surface area contributed by atoms with Gasteiger partial charge in [-0.3, -0.25) is 0 Å². The third-order valence-electron chi connectivity index (χ3n) is 2.50. The Kier molecular flexibility index (Phi) is 4.19. The number of halogens is 1. The van der Waals surface area contributed by atoms with Gasteiger partial charge in [0.2, 0.25) is 0 Å². The van der Waals surface area contributed by atoms with Gasteiger partial charge in [0.25, 0.3) is 0 Å². The SMILES string of the molecule is C#CCN(Cc1ccc(Cl)nc1)C1=CC(=S)OC1. The van der Waals surface area contributed by atoms with Crippen molar-refractivity contribution in [1.82, 2.24) is 9.88 Å². The van der Waals surface area contributed by atoms with Crippen LogP contribution in [0.1, 0.15) is 5.56 Å². The van der Waals surface area contributed by atoms with Gasteiger partial charge in [-0.05, 0) is 23.8 Å². The highest BCUT2D eigenvalue weighted by Gasteiger charge is 2.16. The van der Waals surface area contributed by atoms with Gasteiger partial charge in [0.1, 0.15) is 11.8 Å². The van der Waals surface area contributed by atoms with Gasteiger partial charge in [0.05, 0.1) is 12.2 Å². The maximum atomic E-state index is 5.75. The molecule has 1 aliphatic rings. The number of hydrogen-bond acceptors (Lipinski definition) is 4. The molecule has 0 aromatic carbocycles. The van der Waals surface area contributed by atoms with Crippen LogP contribution in [0, 0.1) is 12.3 Å². The summed E-state index contributed by atoms with van der Waals surface area (Å²) in [7, 11) is 0. The van der Waals surface area contributed by atoms with E-state index < -0.39 is 0 Å². The lowest BCUT2D eigenvalue weighted by Gasteiger charge is -2.22. The first-order chi connectivity index (χ1) is 8.69. The largest absolute Gasteiger partial charge is 0.477 e. The fourth-order valence-electron chi connectivity index (χ4n) is 1.64. The van der Waals surface area contributed by atoms with Gasteiger partial charge in [0.15, 0.2) is 5.05 Å². The molecule has 3 nitrogen and oxygen atoms in total. The third kappa shape index (κ3) is 3.22. The lowest BCUT2D eigenvalue weighted by molar-refractivity contribution is 0.292. The molecule has 0 amide bonds. The van der Waals surface area contributed by atoms with Crippen LogP contribution in [-0.2, 0) is 11.3 Å². The molecule has 1 aromatic rings.